The van der Waals surface area contributed by atoms with Crippen molar-refractivity contribution in [1.29, 1.82) is 0 Å². The summed E-state index contributed by atoms with van der Waals surface area (Å²) in [6.07, 6.45) is 6.15. The van der Waals surface area contributed by atoms with E-state index in [0.29, 0.717) is 0 Å². The standard InChI is InChI=1S/C13H14N2OS/c1-3-11-5-7-13(17-11)12(16)6-4-10-8-9-15(2)14-10/h4-9H,3H2,1-2H3/b6-4+. The van der Waals surface area contributed by atoms with Crippen LogP contribution >= 0.6 is 11.3 Å². The van der Waals surface area contributed by atoms with Gasteiger partial charge in [-0.3, -0.25) is 9.48 Å². The highest BCUT2D eigenvalue weighted by molar-refractivity contribution is 7.14. The third-order valence-electron chi connectivity index (χ3n) is 2.39. The molecule has 17 heavy (non-hydrogen) atoms. The molecule has 0 N–H and O–H groups in total. The Kier molecular flexibility index (Phi) is 3.54. The molecule has 0 unspecified atom stereocenters. The molecule has 0 amide bonds. The van der Waals surface area contributed by atoms with Crippen LogP contribution in [0.3, 0.4) is 0 Å². The van der Waals surface area contributed by atoms with Gasteiger partial charge in [0.1, 0.15) is 0 Å². The molecule has 4 heteroatoms. The summed E-state index contributed by atoms with van der Waals surface area (Å²) in [4.78, 5) is 13.9. The summed E-state index contributed by atoms with van der Waals surface area (Å²) in [7, 11) is 1.85. The van der Waals surface area contributed by atoms with Crippen molar-refractivity contribution in [3.05, 3.63) is 45.9 Å². The van der Waals surface area contributed by atoms with Crippen LogP contribution in [-0.4, -0.2) is 15.6 Å². The average Bonchev–Trinajstić information content (AvgIpc) is 2.94. The van der Waals surface area contributed by atoms with Gasteiger partial charge in [0.05, 0.1) is 10.6 Å². The van der Waals surface area contributed by atoms with Crippen LogP contribution in [-0.2, 0) is 13.5 Å². The first-order chi connectivity index (χ1) is 8.19. The molecule has 0 aromatic carbocycles. The highest BCUT2D eigenvalue weighted by Gasteiger charge is 2.05. The molecule has 0 saturated carbocycles. The van der Waals surface area contributed by atoms with E-state index < -0.39 is 0 Å². The van der Waals surface area contributed by atoms with Crippen molar-refractivity contribution < 1.29 is 4.79 Å². The predicted molar refractivity (Wildman–Crippen MR) is 70.3 cm³/mol. The second-order valence-corrected chi connectivity index (χ2v) is 4.90. The maximum Gasteiger partial charge on any atom is 0.195 e. The highest BCUT2D eigenvalue weighted by Crippen LogP contribution is 2.18. The van der Waals surface area contributed by atoms with Crippen LogP contribution in [0, 0.1) is 0 Å². The Bertz CT molecular complexity index is 551. The second-order valence-electron chi connectivity index (χ2n) is 3.73. The van der Waals surface area contributed by atoms with Gasteiger partial charge >= 0.3 is 0 Å². The van der Waals surface area contributed by atoms with Crippen molar-refractivity contribution in [2.24, 2.45) is 7.05 Å². The van der Waals surface area contributed by atoms with E-state index in [1.54, 1.807) is 28.2 Å². The fourth-order valence-corrected chi connectivity index (χ4v) is 2.33. The first-order valence-corrected chi connectivity index (χ1v) is 6.31. The van der Waals surface area contributed by atoms with E-state index in [1.165, 1.54) is 4.88 Å². The van der Waals surface area contributed by atoms with Gasteiger partial charge in [0, 0.05) is 18.1 Å². The lowest BCUT2D eigenvalue weighted by Gasteiger charge is -1.88. The van der Waals surface area contributed by atoms with Crippen LogP contribution in [0.2, 0.25) is 0 Å². The molecule has 2 rings (SSSR count). The SMILES string of the molecule is CCc1ccc(C(=O)/C=C/c2ccn(C)n2)s1. The zero-order valence-corrected chi connectivity index (χ0v) is 10.7. The predicted octanol–water partition coefficient (Wildman–Crippen LogP) is 2.94. The summed E-state index contributed by atoms with van der Waals surface area (Å²) in [5.74, 6) is 0.0420. The van der Waals surface area contributed by atoms with E-state index in [0.717, 1.165) is 17.0 Å². The molecule has 0 aliphatic rings. The summed E-state index contributed by atoms with van der Waals surface area (Å²) in [6, 6.07) is 5.76. The maximum atomic E-state index is 11.8. The van der Waals surface area contributed by atoms with Crippen molar-refractivity contribution in [3.8, 4) is 0 Å². The molecule has 3 nitrogen and oxygen atoms in total. The van der Waals surface area contributed by atoms with Gasteiger partial charge in [-0.05, 0) is 36.8 Å². The Morgan fingerprint density at radius 3 is 2.88 bits per heavy atom. The van der Waals surface area contributed by atoms with Crippen LogP contribution in [0.1, 0.15) is 27.2 Å². The van der Waals surface area contributed by atoms with E-state index in [9.17, 15) is 4.79 Å². The normalized spacial score (nSPS) is 11.2. The number of thiophene rings is 1. The van der Waals surface area contributed by atoms with Gasteiger partial charge in [-0.25, -0.2) is 0 Å². The monoisotopic (exact) mass is 246 g/mol. The van der Waals surface area contributed by atoms with E-state index in [-0.39, 0.29) is 5.78 Å². The molecule has 2 aromatic heterocycles. The smallest absolute Gasteiger partial charge is 0.195 e. The number of nitrogens with zero attached hydrogens (tertiary/aromatic N) is 2. The molecular formula is C13H14N2OS. The largest absolute Gasteiger partial charge is 0.288 e. The van der Waals surface area contributed by atoms with Crippen molar-refractivity contribution >= 4 is 23.2 Å². The lowest BCUT2D eigenvalue weighted by atomic mass is 10.2. The summed E-state index contributed by atoms with van der Waals surface area (Å²) < 4.78 is 1.71. The summed E-state index contributed by atoms with van der Waals surface area (Å²) in [5.41, 5.74) is 0.799. The Morgan fingerprint density at radius 1 is 1.47 bits per heavy atom. The number of ketones is 1. The quantitative estimate of drug-likeness (QED) is 0.614. The minimum atomic E-state index is 0.0420. The van der Waals surface area contributed by atoms with E-state index in [1.807, 2.05) is 31.4 Å². The van der Waals surface area contributed by atoms with Crippen molar-refractivity contribution in [2.45, 2.75) is 13.3 Å². The van der Waals surface area contributed by atoms with Crippen molar-refractivity contribution in [2.75, 3.05) is 0 Å². The zero-order valence-electron chi connectivity index (χ0n) is 9.88. The lowest BCUT2D eigenvalue weighted by Crippen LogP contribution is -1.90. The Labute approximate surface area is 104 Å². The molecule has 0 fully saturated rings. The average molecular weight is 246 g/mol. The number of hydrogen-bond acceptors (Lipinski definition) is 3. The summed E-state index contributed by atoms with van der Waals surface area (Å²) in [6.45, 7) is 2.09. The number of aromatic nitrogens is 2. The third kappa shape index (κ3) is 2.91. The molecule has 88 valence electrons. The number of allylic oxidation sites excluding steroid dienone is 1. The molecular weight excluding hydrogens is 232 g/mol. The van der Waals surface area contributed by atoms with Crippen LogP contribution < -0.4 is 0 Å². The minimum absolute atomic E-state index is 0.0420. The summed E-state index contributed by atoms with van der Waals surface area (Å²) in [5, 5.41) is 4.18. The van der Waals surface area contributed by atoms with Crippen molar-refractivity contribution in [1.82, 2.24) is 9.78 Å². The number of rotatable bonds is 4. The Hall–Kier alpha value is -1.68. The maximum absolute atomic E-state index is 11.8. The van der Waals surface area contributed by atoms with E-state index >= 15 is 0 Å². The van der Waals surface area contributed by atoms with Crippen LogP contribution in [0.5, 0.6) is 0 Å². The Balaban J connectivity index is 2.08. The highest BCUT2D eigenvalue weighted by atomic mass is 32.1. The van der Waals surface area contributed by atoms with Crippen LogP contribution in [0.15, 0.2) is 30.5 Å². The van der Waals surface area contributed by atoms with Crippen molar-refractivity contribution in [3.63, 3.8) is 0 Å². The third-order valence-corrected chi connectivity index (χ3v) is 3.64. The number of aryl methyl sites for hydroxylation is 2. The van der Waals surface area contributed by atoms with Gasteiger partial charge in [0.25, 0.3) is 0 Å². The first-order valence-electron chi connectivity index (χ1n) is 5.50. The number of carbonyl (C=O) groups excluding carboxylic acids is 1. The molecule has 0 saturated heterocycles. The topological polar surface area (TPSA) is 34.9 Å². The van der Waals surface area contributed by atoms with Gasteiger partial charge in [-0.15, -0.1) is 11.3 Å². The van der Waals surface area contributed by atoms with Crippen LogP contribution in [0.25, 0.3) is 6.08 Å². The van der Waals surface area contributed by atoms with E-state index in [2.05, 4.69) is 12.0 Å². The fourth-order valence-electron chi connectivity index (χ4n) is 1.47. The molecule has 0 aliphatic heterocycles. The number of carbonyl (C=O) groups is 1. The molecule has 0 aliphatic carbocycles. The number of hydrogen-bond donors (Lipinski definition) is 0. The molecule has 2 heterocycles. The molecule has 0 bridgehead atoms. The second kappa shape index (κ2) is 5.10. The minimum Gasteiger partial charge on any atom is -0.288 e. The van der Waals surface area contributed by atoms with Gasteiger partial charge in [0.15, 0.2) is 5.78 Å². The molecule has 0 radical (unpaired) electrons. The van der Waals surface area contributed by atoms with Crippen LogP contribution in [0.4, 0.5) is 0 Å². The molecule has 0 spiro atoms. The van der Waals surface area contributed by atoms with E-state index in [4.69, 9.17) is 0 Å². The van der Waals surface area contributed by atoms with Gasteiger partial charge < -0.3 is 0 Å². The van der Waals surface area contributed by atoms with Gasteiger partial charge in [-0.2, -0.15) is 5.10 Å². The zero-order chi connectivity index (χ0) is 12.3. The lowest BCUT2D eigenvalue weighted by molar-refractivity contribution is 0.105. The molecule has 2 aromatic rings. The first kappa shape index (κ1) is 11.8. The Morgan fingerprint density at radius 2 is 2.29 bits per heavy atom. The van der Waals surface area contributed by atoms with Gasteiger partial charge in [0.2, 0.25) is 0 Å². The fraction of sp³-hybridized carbons (Fsp3) is 0.231. The summed E-state index contributed by atoms with van der Waals surface area (Å²) >= 11 is 1.55. The van der Waals surface area contributed by atoms with Gasteiger partial charge in [-0.1, -0.05) is 6.92 Å². The molecule has 0 atom stereocenters.